The zero-order valence-electron chi connectivity index (χ0n) is 10.6. The first kappa shape index (κ1) is 14.8. The molecule has 1 unspecified atom stereocenters. The van der Waals surface area contributed by atoms with E-state index < -0.39 is 11.9 Å². The summed E-state index contributed by atoms with van der Waals surface area (Å²) in [5, 5.41) is 5.20. The van der Waals surface area contributed by atoms with E-state index in [9.17, 15) is 9.59 Å². The van der Waals surface area contributed by atoms with E-state index in [4.69, 9.17) is 4.42 Å². The normalized spacial score (nSPS) is 12.3. The monoisotopic (exact) mass is 316 g/mol. The SMILES string of the molecule is CNC(=O)C(CC(C)C)NC(=O)c1ccc(Br)o1. The molecule has 1 atom stereocenters. The number of halogens is 1. The fourth-order valence-corrected chi connectivity index (χ4v) is 1.85. The number of rotatable bonds is 5. The van der Waals surface area contributed by atoms with E-state index in [-0.39, 0.29) is 11.7 Å². The molecule has 0 aliphatic rings. The second-order valence-corrected chi connectivity index (χ2v) is 5.16. The van der Waals surface area contributed by atoms with Crippen molar-refractivity contribution in [1.82, 2.24) is 10.6 Å². The van der Waals surface area contributed by atoms with E-state index in [1.807, 2.05) is 13.8 Å². The number of nitrogens with one attached hydrogen (secondary N) is 2. The van der Waals surface area contributed by atoms with Gasteiger partial charge in [0.15, 0.2) is 10.4 Å². The Morgan fingerprint density at radius 1 is 1.39 bits per heavy atom. The molecule has 2 N–H and O–H groups in total. The Morgan fingerprint density at radius 3 is 2.50 bits per heavy atom. The summed E-state index contributed by atoms with van der Waals surface area (Å²) in [6.45, 7) is 3.98. The van der Waals surface area contributed by atoms with Gasteiger partial charge >= 0.3 is 0 Å². The van der Waals surface area contributed by atoms with Gasteiger partial charge in [0.2, 0.25) is 5.91 Å². The molecule has 0 aliphatic carbocycles. The molecule has 0 aromatic carbocycles. The Hall–Kier alpha value is -1.30. The van der Waals surface area contributed by atoms with Gasteiger partial charge in [0.1, 0.15) is 6.04 Å². The summed E-state index contributed by atoms with van der Waals surface area (Å²) in [6.07, 6.45) is 0.577. The van der Waals surface area contributed by atoms with Gasteiger partial charge in [-0.3, -0.25) is 9.59 Å². The molecule has 1 aromatic heterocycles. The second kappa shape index (κ2) is 6.58. The van der Waals surface area contributed by atoms with Crippen LogP contribution in [0.2, 0.25) is 0 Å². The van der Waals surface area contributed by atoms with Crippen molar-refractivity contribution >= 4 is 27.7 Å². The summed E-state index contributed by atoms with van der Waals surface area (Å²) >= 11 is 3.12. The second-order valence-electron chi connectivity index (χ2n) is 4.37. The van der Waals surface area contributed by atoms with Crippen LogP contribution in [-0.4, -0.2) is 24.9 Å². The van der Waals surface area contributed by atoms with Gasteiger partial charge in [-0.05, 0) is 40.4 Å². The van der Waals surface area contributed by atoms with Crippen LogP contribution in [0.1, 0.15) is 30.8 Å². The lowest BCUT2D eigenvalue weighted by atomic mass is 10.0. The Morgan fingerprint density at radius 2 is 2.06 bits per heavy atom. The third-order valence-corrected chi connectivity index (χ3v) is 2.80. The van der Waals surface area contributed by atoms with Gasteiger partial charge in [0.05, 0.1) is 0 Å². The summed E-state index contributed by atoms with van der Waals surface area (Å²) in [7, 11) is 1.55. The topological polar surface area (TPSA) is 71.3 Å². The molecule has 0 saturated carbocycles. The van der Waals surface area contributed by atoms with Gasteiger partial charge in [-0.1, -0.05) is 13.8 Å². The molecule has 100 valence electrons. The number of amides is 2. The molecule has 0 spiro atoms. The maximum Gasteiger partial charge on any atom is 0.287 e. The predicted octanol–water partition coefficient (Wildman–Crippen LogP) is 1.93. The Kier molecular flexibility index (Phi) is 5.40. The number of hydrogen-bond donors (Lipinski definition) is 2. The molecule has 0 bridgehead atoms. The lowest BCUT2D eigenvalue weighted by Gasteiger charge is -2.18. The van der Waals surface area contributed by atoms with Crippen molar-refractivity contribution in [3.63, 3.8) is 0 Å². The van der Waals surface area contributed by atoms with Gasteiger partial charge in [0, 0.05) is 7.05 Å². The number of likely N-dealkylation sites (N-methyl/N-ethyl adjacent to an activating group) is 1. The van der Waals surface area contributed by atoms with Crippen LogP contribution in [-0.2, 0) is 4.79 Å². The van der Waals surface area contributed by atoms with Gasteiger partial charge < -0.3 is 15.1 Å². The Bertz CT molecular complexity index is 429. The van der Waals surface area contributed by atoms with Crippen molar-refractivity contribution in [3.05, 3.63) is 22.6 Å². The minimum absolute atomic E-state index is 0.180. The maximum absolute atomic E-state index is 11.9. The molecular weight excluding hydrogens is 300 g/mol. The Labute approximate surface area is 114 Å². The third-order valence-electron chi connectivity index (χ3n) is 2.37. The van der Waals surface area contributed by atoms with Crippen LogP contribution in [0.25, 0.3) is 0 Å². The van der Waals surface area contributed by atoms with Crippen molar-refractivity contribution in [2.45, 2.75) is 26.3 Å². The highest BCUT2D eigenvalue weighted by Crippen LogP contribution is 2.14. The summed E-state index contributed by atoms with van der Waals surface area (Å²) in [6, 6.07) is 2.63. The molecular formula is C12H17BrN2O3. The highest BCUT2D eigenvalue weighted by Gasteiger charge is 2.22. The molecule has 1 aromatic rings. The summed E-state index contributed by atoms with van der Waals surface area (Å²) in [5.74, 6) is -0.118. The molecule has 5 nitrogen and oxygen atoms in total. The fourth-order valence-electron chi connectivity index (χ4n) is 1.54. The first-order valence-corrected chi connectivity index (χ1v) is 6.51. The number of hydrogen-bond acceptors (Lipinski definition) is 3. The number of carbonyl (C=O) groups excluding carboxylic acids is 2. The fraction of sp³-hybridized carbons (Fsp3) is 0.500. The molecule has 2 amide bonds. The minimum atomic E-state index is -0.550. The lowest BCUT2D eigenvalue weighted by Crippen LogP contribution is -2.46. The van der Waals surface area contributed by atoms with Gasteiger partial charge in [-0.15, -0.1) is 0 Å². The van der Waals surface area contributed by atoms with Gasteiger partial charge in [0.25, 0.3) is 5.91 Å². The van der Waals surface area contributed by atoms with Crippen molar-refractivity contribution < 1.29 is 14.0 Å². The van der Waals surface area contributed by atoms with E-state index in [0.29, 0.717) is 17.0 Å². The van der Waals surface area contributed by atoms with Crippen molar-refractivity contribution in [2.75, 3.05) is 7.05 Å². The van der Waals surface area contributed by atoms with Crippen LogP contribution in [0.3, 0.4) is 0 Å². The molecule has 0 fully saturated rings. The molecule has 0 radical (unpaired) electrons. The first-order valence-electron chi connectivity index (χ1n) is 5.71. The van der Waals surface area contributed by atoms with Crippen LogP contribution in [0, 0.1) is 5.92 Å². The van der Waals surface area contributed by atoms with Crippen molar-refractivity contribution in [3.8, 4) is 0 Å². The molecule has 1 rings (SSSR count). The van der Waals surface area contributed by atoms with E-state index in [0.717, 1.165) is 0 Å². The summed E-state index contributed by atoms with van der Waals surface area (Å²) < 4.78 is 5.62. The number of furan rings is 1. The van der Waals surface area contributed by atoms with E-state index >= 15 is 0 Å². The molecule has 0 aliphatic heterocycles. The van der Waals surface area contributed by atoms with E-state index in [1.54, 1.807) is 19.2 Å². The van der Waals surface area contributed by atoms with Gasteiger partial charge in [-0.25, -0.2) is 0 Å². The highest BCUT2D eigenvalue weighted by molar-refractivity contribution is 9.10. The summed E-state index contributed by atoms with van der Waals surface area (Å²) in [4.78, 5) is 23.5. The quantitative estimate of drug-likeness (QED) is 0.872. The van der Waals surface area contributed by atoms with Crippen LogP contribution < -0.4 is 10.6 Å². The average molecular weight is 317 g/mol. The molecule has 18 heavy (non-hydrogen) atoms. The number of carbonyl (C=O) groups is 2. The average Bonchev–Trinajstić information content (AvgIpc) is 2.73. The van der Waals surface area contributed by atoms with E-state index in [2.05, 4.69) is 26.6 Å². The Balaban J connectivity index is 2.71. The smallest absolute Gasteiger partial charge is 0.287 e. The van der Waals surface area contributed by atoms with Gasteiger partial charge in [-0.2, -0.15) is 0 Å². The van der Waals surface area contributed by atoms with Crippen LogP contribution in [0.5, 0.6) is 0 Å². The lowest BCUT2D eigenvalue weighted by molar-refractivity contribution is -0.122. The first-order chi connectivity index (χ1) is 8.43. The van der Waals surface area contributed by atoms with Crippen LogP contribution in [0.15, 0.2) is 21.2 Å². The van der Waals surface area contributed by atoms with E-state index in [1.165, 1.54) is 0 Å². The predicted molar refractivity (Wildman–Crippen MR) is 71.2 cm³/mol. The molecule has 6 heteroatoms. The molecule has 1 heterocycles. The maximum atomic E-state index is 11.9. The van der Waals surface area contributed by atoms with Crippen LogP contribution >= 0.6 is 15.9 Å². The van der Waals surface area contributed by atoms with Crippen molar-refractivity contribution in [2.24, 2.45) is 5.92 Å². The largest absolute Gasteiger partial charge is 0.444 e. The zero-order valence-corrected chi connectivity index (χ0v) is 12.2. The summed E-state index contributed by atoms with van der Waals surface area (Å²) in [5.41, 5.74) is 0. The highest BCUT2D eigenvalue weighted by atomic mass is 79.9. The molecule has 0 saturated heterocycles. The van der Waals surface area contributed by atoms with Crippen LogP contribution in [0.4, 0.5) is 0 Å². The zero-order chi connectivity index (χ0) is 13.7. The van der Waals surface area contributed by atoms with Crippen molar-refractivity contribution in [1.29, 1.82) is 0 Å². The minimum Gasteiger partial charge on any atom is -0.444 e. The standard InChI is InChI=1S/C12H17BrN2O3/c1-7(2)6-8(11(16)14-3)15-12(17)9-4-5-10(13)18-9/h4-5,7-8H,6H2,1-3H3,(H,14,16)(H,15,17). The third kappa shape index (κ3) is 4.18.